The van der Waals surface area contributed by atoms with Crippen LogP contribution in [0, 0.1) is 5.92 Å². The third kappa shape index (κ3) is 3.56. The Hall–Kier alpha value is -2.28. The zero-order chi connectivity index (χ0) is 17.1. The lowest BCUT2D eigenvalue weighted by Gasteiger charge is -2.23. The number of carbonyl (C=O) groups excluding carboxylic acids is 1. The van der Waals surface area contributed by atoms with Crippen LogP contribution in [0.25, 0.3) is 0 Å². The Morgan fingerprint density at radius 1 is 1.32 bits per heavy atom. The third-order valence-electron chi connectivity index (χ3n) is 4.92. The topological polar surface area (TPSA) is 81.4 Å². The molecule has 25 heavy (non-hydrogen) atoms. The largest absolute Gasteiger partial charge is 0.379 e. The first kappa shape index (κ1) is 16.2. The van der Waals surface area contributed by atoms with Crippen molar-refractivity contribution < 1.29 is 14.1 Å². The molecule has 0 saturated carbocycles. The minimum absolute atomic E-state index is 0.0370. The van der Waals surface area contributed by atoms with Crippen LogP contribution in [0.5, 0.6) is 0 Å². The van der Waals surface area contributed by atoms with Gasteiger partial charge < -0.3 is 14.2 Å². The number of fused-ring (bicyclic) bond motifs is 1. The summed E-state index contributed by atoms with van der Waals surface area (Å²) in [6.07, 6.45) is 8.03. The number of amides is 1. The van der Waals surface area contributed by atoms with Crippen LogP contribution >= 0.6 is 0 Å². The summed E-state index contributed by atoms with van der Waals surface area (Å²) in [4.78, 5) is 23.1. The van der Waals surface area contributed by atoms with Crippen molar-refractivity contribution in [3.05, 3.63) is 41.3 Å². The summed E-state index contributed by atoms with van der Waals surface area (Å²) < 4.78 is 11.1. The predicted molar refractivity (Wildman–Crippen MR) is 89.1 cm³/mol. The first-order valence-electron chi connectivity index (χ1n) is 8.90. The van der Waals surface area contributed by atoms with Gasteiger partial charge in [-0.1, -0.05) is 5.16 Å². The second kappa shape index (κ2) is 7.31. The molecule has 1 atom stereocenters. The number of ether oxygens (including phenoxy) is 1. The molecular formula is C18H22N4O3. The van der Waals surface area contributed by atoms with E-state index in [2.05, 4.69) is 15.1 Å². The van der Waals surface area contributed by atoms with E-state index >= 15 is 0 Å². The van der Waals surface area contributed by atoms with Crippen LogP contribution in [0.15, 0.2) is 23.1 Å². The lowest BCUT2D eigenvalue weighted by molar-refractivity contribution is 0.0726. The zero-order valence-electron chi connectivity index (χ0n) is 14.2. The minimum Gasteiger partial charge on any atom is -0.379 e. The van der Waals surface area contributed by atoms with Crippen LogP contribution in [-0.2, 0) is 24.0 Å². The Bertz CT molecular complexity index is 731. The molecule has 4 rings (SSSR count). The second-order valence-corrected chi connectivity index (χ2v) is 6.74. The van der Waals surface area contributed by atoms with Crippen molar-refractivity contribution in [2.75, 3.05) is 26.3 Å². The van der Waals surface area contributed by atoms with E-state index in [1.807, 2.05) is 11.0 Å². The number of aromatic nitrogens is 3. The van der Waals surface area contributed by atoms with Gasteiger partial charge in [0.15, 0.2) is 5.69 Å². The molecule has 1 amide bonds. The van der Waals surface area contributed by atoms with Gasteiger partial charge in [0.05, 0.1) is 13.2 Å². The predicted octanol–water partition coefficient (Wildman–Crippen LogP) is 1.67. The van der Waals surface area contributed by atoms with E-state index < -0.39 is 0 Å². The fourth-order valence-electron chi connectivity index (χ4n) is 3.63. The quantitative estimate of drug-likeness (QED) is 0.844. The maximum Gasteiger partial charge on any atom is 0.276 e. The summed E-state index contributed by atoms with van der Waals surface area (Å²) in [7, 11) is 0. The molecule has 2 aliphatic rings. The summed E-state index contributed by atoms with van der Waals surface area (Å²) in [5.74, 6) is 1.06. The Kier molecular flexibility index (Phi) is 4.74. The van der Waals surface area contributed by atoms with Gasteiger partial charge in [0.25, 0.3) is 5.91 Å². The van der Waals surface area contributed by atoms with Gasteiger partial charge in [-0.3, -0.25) is 4.79 Å². The summed E-state index contributed by atoms with van der Waals surface area (Å²) in [6, 6.07) is 1.91. The van der Waals surface area contributed by atoms with Gasteiger partial charge >= 0.3 is 0 Å². The van der Waals surface area contributed by atoms with Crippen LogP contribution in [-0.4, -0.2) is 52.2 Å². The monoisotopic (exact) mass is 342 g/mol. The molecule has 1 unspecified atom stereocenters. The summed E-state index contributed by atoms with van der Waals surface area (Å²) in [6.45, 7) is 2.40. The summed E-state index contributed by atoms with van der Waals surface area (Å²) in [5, 5.41) is 4.08. The SMILES string of the molecule is O=C(c1noc2c1CCCC2)N1CCOCC(Cc2ccncn2)C1. The number of rotatable bonds is 3. The van der Waals surface area contributed by atoms with Crippen LogP contribution < -0.4 is 0 Å². The van der Waals surface area contributed by atoms with E-state index in [1.54, 1.807) is 12.5 Å². The standard InChI is InChI=1S/C18H22N4O3/c23-18(17-15-3-1-2-4-16(15)25-21-17)22-7-8-24-11-13(10-22)9-14-5-6-19-12-20-14/h5-6,12-13H,1-4,7-11H2. The Morgan fingerprint density at radius 3 is 3.12 bits per heavy atom. The van der Waals surface area contributed by atoms with Gasteiger partial charge in [0.2, 0.25) is 0 Å². The van der Waals surface area contributed by atoms with E-state index in [4.69, 9.17) is 9.26 Å². The van der Waals surface area contributed by atoms with Crippen LogP contribution in [0.4, 0.5) is 0 Å². The number of aryl methyl sites for hydroxylation is 1. The highest BCUT2D eigenvalue weighted by Gasteiger charge is 2.30. The van der Waals surface area contributed by atoms with Gasteiger partial charge in [-0.15, -0.1) is 0 Å². The fraction of sp³-hybridized carbons (Fsp3) is 0.556. The third-order valence-corrected chi connectivity index (χ3v) is 4.92. The Labute approximate surface area is 146 Å². The molecule has 7 heteroatoms. The molecule has 2 aromatic heterocycles. The smallest absolute Gasteiger partial charge is 0.276 e. The average Bonchev–Trinajstić information content (AvgIpc) is 2.94. The maximum atomic E-state index is 13.0. The van der Waals surface area contributed by atoms with Gasteiger partial charge in [-0.25, -0.2) is 9.97 Å². The van der Waals surface area contributed by atoms with E-state index in [-0.39, 0.29) is 11.8 Å². The van der Waals surface area contributed by atoms with E-state index in [9.17, 15) is 4.79 Å². The zero-order valence-corrected chi connectivity index (χ0v) is 14.2. The van der Waals surface area contributed by atoms with Gasteiger partial charge in [-0.05, 0) is 31.7 Å². The highest BCUT2D eigenvalue weighted by Crippen LogP contribution is 2.25. The van der Waals surface area contributed by atoms with Crippen LogP contribution in [0.3, 0.4) is 0 Å². The normalized spacial score (nSPS) is 20.8. The Balaban J connectivity index is 1.49. The van der Waals surface area contributed by atoms with Crippen molar-refractivity contribution in [3.63, 3.8) is 0 Å². The number of carbonyl (C=O) groups is 1. The van der Waals surface area contributed by atoms with Gasteiger partial charge in [-0.2, -0.15) is 0 Å². The van der Waals surface area contributed by atoms with Crippen molar-refractivity contribution in [2.45, 2.75) is 32.1 Å². The van der Waals surface area contributed by atoms with Crippen LogP contribution in [0.2, 0.25) is 0 Å². The summed E-state index contributed by atoms with van der Waals surface area (Å²) >= 11 is 0. The van der Waals surface area contributed by atoms with Crippen molar-refractivity contribution >= 4 is 5.91 Å². The molecule has 0 aromatic carbocycles. The molecule has 2 aromatic rings. The molecular weight excluding hydrogens is 320 g/mol. The first-order valence-corrected chi connectivity index (χ1v) is 8.90. The molecule has 0 N–H and O–H groups in total. The lowest BCUT2D eigenvalue weighted by Crippen LogP contribution is -2.37. The van der Waals surface area contributed by atoms with Crippen LogP contribution in [0.1, 0.15) is 40.3 Å². The lowest BCUT2D eigenvalue weighted by atomic mass is 9.96. The molecule has 1 fully saturated rings. The first-order chi connectivity index (χ1) is 12.3. The highest BCUT2D eigenvalue weighted by molar-refractivity contribution is 5.94. The fourth-order valence-corrected chi connectivity index (χ4v) is 3.63. The number of hydrogen-bond acceptors (Lipinski definition) is 6. The van der Waals surface area contributed by atoms with Gasteiger partial charge in [0.1, 0.15) is 12.1 Å². The second-order valence-electron chi connectivity index (χ2n) is 6.74. The maximum absolute atomic E-state index is 13.0. The molecule has 1 aliphatic heterocycles. The molecule has 3 heterocycles. The number of hydrogen-bond donors (Lipinski definition) is 0. The van der Waals surface area contributed by atoms with Crippen molar-refractivity contribution in [3.8, 4) is 0 Å². The average molecular weight is 342 g/mol. The molecule has 1 aliphatic carbocycles. The van der Waals surface area contributed by atoms with Crippen molar-refractivity contribution in [1.29, 1.82) is 0 Å². The van der Waals surface area contributed by atoms with Gasteiger partial charge in [0, 0.05) is 42.9 Å². The van der Waals surface area contributed by atoms with E-state index in [0.29, 0.717) is 32.0 Å². The van der Waals surface area contributed by atoms with E-state index in [1.165, 1.54) is 0 Å². The number of nitrogens with zero attached hydrogens (tertiary/aromatic N) is 4. The van der Waals surface area contributed by atoms with Crippen molar-refractivity contribution in [1.82, 2.24) is 20.0 Å². The van der Waals surface area contributed by atoms with E-state index in [0.717, 1.165) is 49.1 Å². The summed E-state index contributed by atoms with van der Waals surface area (Å²) in [5.41, 5.74) is 2.47. The molecule has 0 spiro atoms. The Morgan fingerprint density at radius 2 is 2.24 bits per heavy atom. The molecule has 0 bridgehead atoms. The molecule has 132 valence electrons. The minimum atomic E-state index is -0.0370. The molecule has 0 radical (unpaired) electrons. The molecule has 1 saturated heterocycles. The highest BCUT2D eigenvalue weighted by atomic mass is 16.5. The molecule has 7 nitrogen and oxygen atoms in total. The van der Waals surface area contributed by atoms with Crippen molar-refractivity contribution in [2.24, 2.45) is 5.92 Å².